The molecule has 8 nitrogen and oxygen atoms in total. The van der Waals surface area contributed by atoms with Crippen LogP contribution in [0.15, 0.2) is 11.0 Å². The molecule has 0 aliphatic carbocycles. The van der Waals surface area contributed by atoms with Gasteiger partial charge in [0, 0.05) is 38.4 Å². The maximum Gasteiger partial charge on any atom is 0.254 e. The van der Waals surface area contributed by atoms with Crippen LogP contribution >= 0.6 is 11.8 Å². The van der Waals surface area contributed by atoms with Crippen molar-refractivity contribution >= 4 is 29.5 Å². The van der Waals surface area contributed by atoms with Crippen LogP contribution in [-0.4, -0.2) is 76.5 Å². The lowest BCUT2D eigenvalue weighted by Gasteiger charge is -2.23. The van der Waals surface area contributed by atoms with Crippen LogP contribution in [-0.2, 0) is 14.4 Å². The molecule has 2 aliphatic heterocycles. The average Bonchev–Trinajstić information content (AvgIpc) is 3.24. The number of hydrogen-bond donors (Lipinski definition) is 4. The maximum absolute atomic E-state index is 12.2. The smallest absolute Gasteiger partial charge is 0.254 e. The normalized spacial score (nSPS) is 22.3. The summed E-state index contributed by atoms with van der Waals surface area (Å²) in [7, 11) is 0. The molecule has 9 heteroatoms. The van der Waals surface area contributed by atoms with Crippen molar-refractivity contribution in [3.63, 3.8) is 0 Å². The van der Waals surface area contributed by atoms with Crippen molar-refractivity contribution < 1.29 is 24.6 Å². The molecular weight excluding hydrogens is 346 g/mol. The summed E-state index contributed by atoms with van der Waals surface area (Å²) < 4.78 is 0. The van der Waals surface area contributed by atoms with Crippen LogP contribution < -0.4 is 10.6 Å². The highest BCUT2D eigenvalue weighted by Crippen LogP contribution is 2.26. The molecule has 0 unspecified atom stereocenters. The lowest BCUT2D eigenvalue weighted by molar-refractivity contribution is -0.152. The number of nitrogens with zero attached hydrogens (tertiary/aromatic N) is 1. The van der Waals surface area contributed by atoms with Gasteiger partial charge in [0.1, 0.15) is 0 Å². The van der Waals surface area contributed by atoms with Crippen molar-refractivity contribution in [1.82, 2.24) is 15.5 Å². The number of thioether (sulfide) groups is 1. The molecule has 140 valence electrons. The summed E-state index contributed by atoms with van der Waals surface area (Å²) in [5.74, 6) is -0.601. The number of allylic oxidation sites excluding steroid dienone is 1. The van der Waals surface area contributed by atoms with Crippen molar-refractivity contribution in [3.05, 3.63) is 11.0 Å². The zero-order valence-corrected chi connectivity index (χ0v) is 15.1. The number of carbonyl (C=O) groups excluding carboxylic acids is 3. The zero-order valence-electron chi connectivity index (χ0n) is 14.2. The molecule has 1 fully saturated rings. The molecule has 4 N–H and O–H groups in total. The van der Waals surface area contributed by atoms with E-state index in [9.17, 15) is 24.6 Å². The molecule has 0 aromatic carbocycles. The number of carbonyl (C=O) groups is 3. The van der Waals surface area contributed by atoms with Gasteiger partial charge in [0.2, 0.25) is 5.91 Å². The molecule has 1 saturated heterocycles. The number of rotatable bonds is 7. The molecule has 25 heavy (non-hydrogen) atoms. The van der Waals surface area contributed by atoms with E-state index in [0.29, 0.717) is 25.9 Å². The highest BCUT2D eigenvalue weighted by atomic mass is 32.2. The van der Waals surface area contributed by atoms with Crippen molar-refractivity contribution in [2.45, 2.75) is 44.4 Å². The minimum Gasteiger partial charge on any atom is -0.380 e. The Bertz CT molecular complexity index is 554. The lowest BCUT2D eigenvalue weighted by atomic mass is 10.1. The van der Waals surface area contributed by atoms with Gasteiger partial charge in [0.05, 0.1) is 0 Å². The fourth-order valence-corrected chi connectivity index (χ4v) is 3.87. The Morgan fingerprint density at radius 2 is 2.12 bits per heavy atom. The predicted octanol–water partition coefficient (Wildman–Crippen LogP) is -1.03. The fourth-order valence-electron chi connectivity index (χ4n) is 2.89. The Balaban J connectivity index is 1.75. The van der Waals surface area contributed by atoms with Crippen LogP contribution in [0.4, 0.5) is 0 Å². The molecule has 0 aromatic rings. The number of likely N-dealkylation sites (tertiary alicyclic amines) is 1. The molecule has 3 amide bonds. The number of aliphatic hydroxyl groups is 2. The van der Waals surface area contributed by atoms with E-state index in [0.717, 1.165) is 12.2 Å². The first-order valence-corrected chi connectivity index (χ1v) is 9.38. The minimum atomic E-state index is -1.81. The molecule has 3 atom stereocenters. The third-order valence-electron chi connectivity index (χ3n) is 4.18. The molecule has 0 aromatic heterocycles. The van der Waals surface area contributed by atoms with E-state index < -0.39 is 24.0 Å². The van der Waals surface area contributed by atoms with E-state index >= 15 is 0 Å². The van der Waals surface area contributed by atoms with E-state index in [4.69, 9.17) is 0 Å². The number of aliphatic hydroxyl groups excluding tert-OH is 2. The lowest BCUT2D eigenvalue weighted by Crippen LogP contribution is -2.51. The van der Waals surface area contributed by atoms with Gasteiger partial charge in [-0.15, -0.1) is 11.8 Å². The predicted molar refractivity (Wildman–Crippen MR) is 93.6 cm³/mol. The van der Waals surface area contributed by atoms with Gasteiger partial charge in [0.25, 0.3) is 11.8 Å². The Hall–Kier alpha value is -1.58. The Labute approximate surface area is 151 Å². The largest absolute Gasteiger partial charge is 0.380 e. The number of hydrogen-bond acceptors (Lipinski definition) is 6. The van der Waals surface area contributed by atoms with E-state index in [1.54, 1.807) is 11.8 Å². The van der Waals surface area contributed by atoms with Crippen molar-refractivity contribution in [2.24, 2.45) is 0 Å². The van der Waals surface area contributed by atoms with Gasteiger partial charge < -0.3 is 25.7 Å². The zero-order chi connectivity index (χ0) is 18.4. The quantitative estimate of drug-likeness (QED) is 0.455. The first-order valence-electron chi connectivity index (χ1n) is 8.40. The summed E-state index contributed by atoms with van der Waals surface area (Å²) in [6.07, 6.45) is 0.780. The topological polar surface area (TPSA) is 119 Å². The van der Waals surface area contributed by atoms with Crippen molar-refractivity contribution in [2.75, 3.05) is 25.4 Å². The first kappa shape index (κ1) is 19.7. The van der Waals surface area contributed by atoms with Crippen LogP contribution in [0.3, 0.4) is 0 Å². The van der Waals surface area contributed by atoms with Gasteiger partial charge in [-0.2, -0.15) is 0 Å². The van der Waals surface area contributed by atoms with Gasteiger partial charge in [0.15, 0.2) is 12.2 Å². The molecule has 0 saturated carbocycles. The minimum absolute atomic E-state index is 0.170. The van der Waals surface area contributed by atoms with Gasteiger partial charge >= 0.3 is 0 Å². The van der Waals surface area contributed by atoms with Gasteiger partial charge in [-0.3, -0.25) is 14.4 Å². The Morgan fingerprint density at radius 3 is 2.76 bits per heavy atom. The molecular formula is C16H25N3O5S. The van der Waals surface area contributed by atoms with E-state index in [1.165, 1.54) is 16.7 Å². The summed E-state index contributed by atoms with van der Waals surface area (Å²) in [4.78, 5) is 37.7. The van der Waals surface area contributed by atoms with Crippen molar-refractivity contribution in [1.29, 1.82) is 0 Å². The summed E-state index contributed by atoms with van der Waals surface area (Å²) in [6, 6.07) is -0.170. The van der Waals surface area contributed by atoms with Crippen LogP contribution in [0.5, 0.6) is 0 Å². The SMILES string of the molecule is CC(=O)N[C@H]1CCN(C(=O)[C@H](O)[C@@H](O)C(=O)NCCC2=CCCS2)C1. The second kappa shape index (κ2) is 9.21. The number of nitrogens with one attached hydrogen (secondary N) is 2. The van der Waals surface area contributed by atoms with Crippen LogP contribution in [0.25, 0.3) is 0 Å². The van der Waals surface area contributed by atoms with Gasteiger partial charge in [-0.05, 0) is 24.2 Å². The fraction of sp³-hybridized carbons (Fsp3) is 0.688. The van der Waals surface area contributed by atoms with Crippen molar-refractivity contribution in [3.8, 4) is 0 Å². The van der Waals surface area contributed by atoms with Gasteiger partial charge in [-0.1, -0.05) is 6.08 Å². The van der Waals surface area contributed by atoms with Crippen LogP contribution in [0, 0.1) is 0 Å². The average molecular weight is 371 g/mol. The molecule has 0 bridgehead atoms. The molecule has 2 rings (SSSR count). The van der Waals surface area contributed by atoms with Crippen LogP contribution in [0.2, 0.25) is 0 Å². The molecule has 2 aliphatic rings. The maximum atomic E-state index is 12.2. The Morgan fingerprint density at radius 1 is 1.36 bits per heavy atom. The molecule has 2 heterocycles. The second-order valence-corrected chi connectivity index (χ2v) is 7.43. The molecule has 0 radical (unpaired) electrons. The monoisotopic (exact) mass is 371 g/mol. The summed E-state index contributed by atoms with van der Waals surface area (Å²) >= 11 is 1.74. The second-order valence-electron chi connectivity index (χ2n) is 6.21. The third kappa shape index (κ3) is 5.72. The highest BCUT2D eigenvalue weighted by molar-refractivity contribution is 8.03. The van der Waals surface area contributed by atoms with E-state index in [1.807, 2.05) is 0 Å². The summed E-state index contributed by atoms with van der Waals surface area (Å²) in [5, 5.41) is 25.2. The third-order valence-corrected chi connectivity index (χ3v) is 5.36. The Kier molecular flexibility index (Phi) is 7.27. The van der Waals surface area contributed by atoms with E-state index in [2.05, 4.69) is 16.7 Å². The standard InChI is InChI=1S/C16H25N3O5S/c1-10(20)18-11-5-7-19(9-11)16(24)14(22)13(21)15(23)17-6-4-12-3-2-8-25-12/h3,11,13-14,21-22H,2,4-9H2,1H3,(H,17,23)(H,18,20)/t11-,13+,14+/m0/s1. The molecule has 0 spiro atoms. The number of amides is 3. The van der Waals surface area contributed by atoms with E-state index in [-0.39, 0.29) is 18.5 Å². The van der Waals surface area contributed by atoms with Crippen LogP contribution in [0.1, 0.15) is 26.2 Å². The summed E-state index contributed by atoms with van der Waals surface area (Å²) in [6.45, 7) is 2.37. The first-order chi connectivity index (χ1) is 11.9. The summed E-state index contributed by atoms with van der Waals surface area (Å²) in [5.41, 5.74) is 0. The van der Waals surface area contributed by atoms with Gasteiger partial charge in [-0.25, -0.2) is 0 Å². The highest BCUT2D eigenvalue weighted by Gasteiger charge is 2.36.